The average Bonchev–Trinajstić information content (AvgIpc) is 3.19. The smallest absolute Gasteiger partial charge is 0.161 e. The third-order valence-corrected chi connectivity index (χ3v) is 11.1. The molecule has 1 unspecified atom stereocenters. The molecule has 0 saturated heterocycles. The van der Waals surface area contributed by atoms with E-state index < -0.39 is 0 Å². The van der Waals surface area contributed by atoms with Crippen molar-refractivity contribution in [2.45, 2.75) is 19.3 Å². The van der Waals surface area contributed by atoms with Crippen LogP contribution in [0.25, 0.3) is 61.8 Å². The van der Waals surface area contributed by atoms with Crippen molar-refractivity contribution < 1.29 is 0 Å². The number of hydrogen-bond donors (Lipinski definition) is 0. The standard InChI is InChI=1S/C47H31N3/c1-2-25-48-40(12-1)42-27-41(49-47(50-42)39-26-35-10-4-8-31-17-19-33-9-5-11-37(39)45(33)44(31)35)29-15-13-28(14-16-29)36-23-21-34-20-18-30-6-3-7-32-22-24-38(36)46(34)43(30)32/h1-5,7-8,10-19,21-27,44H,6,9,20H2. The molecule has 0 radical (unpaired) electrons. The molecule has 0 spiro atoms. The highest BCUT2D eigenvalue weighted by molar-refractivity contribution is 6.08. The normalized spacial score (nSPS) is 19.0. The predicted octanol–water partition coefficient (Wildman–Crippen LogP) is 11.0. The minimum atomic E-state index is 0.276. The van der Waals surface area contributed by atoms with Gasteiger partial charge in [0.25, 0.3) is 0 Å². The molecule has 0 fully saturated rings. The molecule has 234 valence electrons. The minimum absolute atomic E-state index is 0.276. The van der Waals surface area contributed by atoms with Crippen molar-refractivity contribution >= 4 is 28.0 Å². The van der Waals surface area contributed by atoms with Gasteiger partial charge in [0.1, 0.15) is 0 Å². The summed E-state index contributed by atoms with van der Waals surface area (Å²) in [6.45, 7) is 0. The second-order valence-corrected chi connectivity index (χ2v) is 13.8. The Balaban J connectivity index is 1.05. The molecule has 3 aromatic carbocycles. The van der Waals surface area contributed by atoms with Gasteiger partial charge in [-0.05, 0) is 116 Å². The molecule has 0 aliphatic heterocycles. The number of hydrogen-bond acceptors (Lipinski definition) is 3. The highest BCUT2D eigenvalue weighted by Gasteiger charge is 2.35. The Hall–Kier alpha value is -6.19. The number of nitrogens with zero attached hydrogens (tertiary/aromatic N) is 3. The molecular formula is C47H31N3. The van der Waals surface area contributed by atoms with E-state index in [1.807, 2.05) is 24.4 Å². The summed E-state index contributed by atoms with van der Waals surface area (Å²) < 4.78 is 0. The third-order valence-electron chi connectivity index (χ3n) is 11.1. The van der Waals surface area contributed by atoms with E-state index in [0.717, 1.165) is 53.3 Å². The maximum atomic E-state index is 5.30. The van der Waals surface area contributed by atoms with Gasteiger partial charge in [0.2, 0.25) is 0 Å². The zero-order chi connectivity index (χ0) is 32.8. The topological polar surface area (TPSA) is 38.7 Å². The van der Waals surface area contributed by atoms with Crippen LogP contribution in [0.15, 0.2) is 168 Å². The summed E-state index contributed by atoms with van der Waals surface area (Å²) in [5, 5.41) is 2.75. The zero-order valence-electron chi connectivity index (χ0n) is 27.4. The zero-order valence-corrected chi connectivity index (χ0v) is 27.4. The van der Waals surface area contributed by atoms with Crippen molar-refractivity contribution in [2.24, 2.45) is 5.92 Å². The lowest BCUT2D eigenvalue weighted by molar-refractivity contribution is 0.832. The molecule has 0 amide bonds. The first kappa shape index (κ1) is 27.7. The Labute approximate surface area is 291 Å². The van der Waals surface area contributed by atoms with Crippen molar-refractivity contribution in [3.8, 4) is 33.8 Å². The highest BCUT2D eigenvalue weighted by Crippen LogP contribution is 2.50. The summed E-state index contributed by atoms with van der Waals surface area (Å²) in [4.78, 5) is 15.2. The number of rotatable bonds is 4. The average molecular weight is 638 g/mol. The maximum absolute atomic E-state index is 5.30. The van der Waals surface area contributed by atoms with Crippen LogP contribution in [-0.4, -0.2) is 15.0 Å². The summed E-state index contributed by atoms with van der Waals surface area (Å²) in [6, 6.07) is 26.2. The summed E-state index contributed by atoms with van der Waals surface area (Å²) >= 11 is 0. The van der Waals surface area contributed by atoms with Gasteiger partial charge < -0.3 is 0 Å². The lowest BCUT2D eigenvalue weighted by Gasteiger charge is -2.36. The lowest BCUT2D eigenvalue weighted by atomic mass is 9.67. The maximum Gasteiger partial charge on any atom is 0.161 e. The molecule has 0 saturated carbocycles. The first-order chi connectivity index (χ1) is 24.8. The first-order valence-electron chi connectivity index (χ1n) is 17.6. The molecule has 0 N–H and O–H groups in total. The first-order valence-corrected chi connectivity index (χ1v) is 17.6. The van der Waals surface area contributed by atoms with Crippen molar-refractivity contribution in [1.82, 2.24) is 15.0 Å². The fourth-order valence-electron chi connectivity index (χ4n) is 8.76. The fourth-order valence-corrected chi connectivity index (χ4v) is 8.76. The van der Waals surface area contributed by atoms with E-state index in [1.54, 1.807) is 0 Å². The third kappa shape index (κ3) is 4.13. The Morgan fingerprint density at radius 3 is 2.46 bits per heavy atom. The number of allylic oxidation sites excluding steroid dienone is 17. The van der Waals surface area contributed by atoms with Crippen LogP contribution in [0.4, 0.5) is 0 Å². The summed E-state index contributed by atoms with van der Waals surface area (Å²) in [5.74, 6) is 1.00. The van der Waals surface area contributed by atoms with Crippen LogP contribution in [0.2, 0.25) is 0 Å². The van der Waals surface area contributed by atoms with Crippen LogP contribution in [0.1, 0.15) is 35.4 Å². The molecule has 50 heavy (non-hydrogen) atoms. The van der Waals surface area contributed by atoms with E-state index >= 15 is 0 Å². The highest BCUT2D eigenvalue weighted by atomic mass is 14.9. The van der Waals surface area contributed by atoms with Gasteiger partial charge in [-0.15, -0.1) is 0 Å². The minimum Gasteiger partial charge on any atom is -0.255 e. The lowest BCUT2D eigenvalue weighted by Crippen LogP contribution is -2.22. The van der Waals surface area contributed by atoms with Crippen LogP contribution in [0, 0.1) is 5.92 Å². The van der Waals surface area contributed by atoms with E-state index in [-0.39, 0.29) is 5.92 Å². The Kier molecular flexibility index (Phi) is 5.91. The van der Waals surface area contributed by atoms with Crippen molar-refractivity contribution in [3.05, 3.63) is 190 Å². The molecule has 3 nitrogen and oxygen atoms in total. The number of benzene rings is 3. The molecule has 0 bridgehead atoms. The van der Waals surface area contributed by atoms with E-state index in [0.29, 0.717) is 0 Å². The van der Waals surface area contributed by atoms with Gasteiger partial charge in [-0.2, -0.15) is 0 Å². The van der Waals surface area contributed by atoms with Crippen molar-refractivity contribution in [1.29, 1.82) is 0 Å². The molecule has 5 aromatic rings. The van der Waals surface area contributed by atoms with Gasteiger partial charge in [0.05, 0.1) is 17.1 Å². The molecule has 1 atom stereocenters. The van der Waals surface area contributed by atoms with E-state index in [9.17, 15) is 0 Å². The summed E-state index contributed by atoms with van der Waals surface area (Å²) in [7, 11) is 0. The van der Waals surface area contributed by atoms with E-state index in [4.69, 9.17) is 15.0 Å². The number of aromatic nitrogens is 3. The predicted molar refractivity (Wildman–Crippen MR) is 205 cm³/mol. The van der Waals surface area contributed by atoms with Gasteiger partial charge in [-0.25, -0.2) is 9.97 Å². The second kappa shape index (κ2) is 10.7. The van der Waals surface area contributed by atoms with E-state index in [2.05, 4.69) is 121 Å². The molecule has 2 aromatic heterocycles. The molecule has 11 rings (SSSR count). The quantitative estimate of drug-likeness (QED) is 0.197. The number of pyridine rings is 1. The van der Waals surface area contributed by atoms with Crippen LogP contribution in [0.3, 0.4) is 0 Å². The van der Waals surface area contributed by atoms with Crippen LogP contribution in [-0.2, 0) is 6.42 Å². The molecular weight excluding hydrogens is 607 g/mol. The van der Waals surface area contributed by atoms with Crippen molar-refractivity contribution in [3.63, 3.8) is 0 Å². The van der Waals surface area contributed by atoms with Gasteiger partial charge in [-0.1, -0.05) is 115 Å². The van der Waals surface area contributed by atoms with Crippen LogP contribution in [0.5, 0.6) is 0 Å². The Morgan fingerprint density at radius 1 is 0.660 bits per heavy atom. The largest absolute Gasteiger partial charge is 0.255 e. The SMILES string of the molecule is C1=CC2=CC=C3CC=CC4=C3C2C(=C1)C=C4c1nc(-c2ccc(-c3ccc4c5c6c(ccc35)C=CCC6=CC4)cc2)cc(-c2ccccn2)n1. The molecule has 2 heterocycles. The second-order valence-electron chi connectivity index (χ2n) is 13.8. The van der Waals surface area contributed by atoms with Crippen LogP contribution >= 0.6 is 0 Å². The Morgan fingerprint density at radius 2 is 1.54 bits per heavy atom. The molecule has 6 aliphatic rings. The monoisotopic (exact) mass is 637 g/mol. The summed E-state index contributed by atoms with van der Waals surface area (Å²) in [6.07, 6.45) is 29.9. The summed E-state index contributed by atoms with van der Waals surface area (Å²) in [5.41, 5.74) is 19.4. The molecule has 3 heteroatoms. The fraction of sp³-hybridized carbons (Fsp3) is 0.0851. The molecule has 6 aliphatic carbocycles. The van der Waals surface area contributed by atoms with Gasteiger partial charge in [0, 0.05) is 23.3 Å². The van der Waals surface area contributed by atoms with E-state index in [1.165, 1.54) is 72.0 Å². The van der Waals surface area contributed by atoms with Gasteiger partial charge in [-0.3, -0.25) is 4.98 Å². The van der Waals surface area contributed by atoms with Crippen LogP contribution < -0.4 is 0 Å². The van der Waals surface area contributed by atoms with Crippen molar-refractivity contribution in [2.75, 3.05) is 0 Å². The Bertz CT molecular complexity index is 2630. The van der Waals surface area contributed by atoms with Gasteiger partial charge >= 0.3 is 0 Å². The van der Waals surface area contributed by atoms with Gasteiger partial charge in [0.15, 0.2) is 5.82 Å².